The quantitative estimate of drug-likeness (QED) is 0.401. The maximum atomic E-state index is 12.8. The number of para-hydroxylation sites is 1. The van der Waals surface area contributed by atoms with Crippen molar-refractivity contribution in [1.82, 2.24) is 9.78 Å². The molecule has 0 N–H and O–H groups in total. The summed E-state index contributed by atoms with van der Waals surface area (Å²) in [4.78, 5) is 0. The van der Waals surface area contributed by atoms with Crippen LogP contribution in [0.1, 0.15) is 25.1 Å². The normalized spacial score (nSPS) is 11.8. The second-order valence-corrected chi connectivity index (χ2v) is 8.01. The van der Waals surface area contributed by atoms with Gasteiger partial charge in [0.25, 0.3) is 0 Å². The fourth-order valence-electron chi connectivity index (χ4n) is 2.72. The van der Waals surface area contributed by atoms with Crippen LogP contribution in [0.4, 0.5) is 0 Å². The Morgan fingerprint density at radius 2 is 1.59 bits per heavy atom. The van der Waals surface area contributed by atoms with Crippen molar-refractivity contribution in [2.24, 2.45) is 0 Å². The Kier molecular flexibility index (Phi) is 7.42. The molecule has 0 unspecified atom stereocenters. The standard InChI is InChI=1S/C22H25N2O4P/c1-3-27-29(25,28-4-2)16-15-21-17-22(26-18-19-11-7-5-8-12-19)23-24(21)20-13-9-6-10-14-20/h5-17H,3-4,18H2,1-2H3. The number of nitrogens with zero attached hydrogens (tertiary/aromatic N) is 2. The predicted molar refractivity (Wildman–Crippen MR) is 114 cm³/mol. The van der Waals surface area contributed by atoms with Gasteiger partial charge in [-0.25, -0.2) is 4.68 Å². The predicted octanol–water partition coefficient (Wildman–Crippen LogP) is 5.69. The van der Waals surface area contributed by atoms with Crippen LogP contribution in [-0.4, -0.2) is 23.0 Å². The number of hydrogen-bond acceptors (Lipinski definition) is 5. The van der Waals surface area contributed by atoms with Crippen LogP contribution in [0.2, 0.25) is 0 Å². The number of ether oxygens (including phenoxy) is 1. The van der Waals surface area contributed by atoms with E-state index in [9.17, 15) is 4.57 Å². The molecule has 1 aromatic heterocycles. The Labute approximate surface area is 171 Å². The lowest BCUT2D eigenvalue weighted by molar-refractivity contribution is 0.229. The van der Waals surface area contributed by atoms with Crippen LogP contribution in [0.25, 0.3) is 11.8 Å². The van der Waals surface area contributed by atoms with Gasteiger partial charge in [-0.1, -0.05) is 48.5 Å². The highest BCUT2D eigenvalue weighted by atomic mass is 31.2. The highest BCUT2D eigenvalue weighted by Gasteiger charge is 2.20. The molecule has 0 aliphatic carbocycles. The average Bonchev–Trinajstić information content (AvgIpc) is 3.16. The summed E-state index contributed by atoms with van der Waals surface area (Å²) in [6.45, 7) is 4.56. The molecule has 0 radical (unpaired) electrons. The molecule has 0 saturated carbocycles. The second-order valence-electron chi connectivity index (χ2n) is 6.12. The lowest BCUT2D eigenvalue weighted by atomic mass is 10.2. The summed E-state index contributed by atoms with van der Waals surface area (Å²) < 4.78 is 31.0. The summed E-state index contributed by atoms with van der Waals surface area (Å²) in [6, 6.07) is 21.4. The molecule has 7 heteroatoms. The molecule has 29 heavy (non-hydrogen) atoms. The van der Waals surface area contributed by atoms with Crippen molar-refractivity contribution in [3.05, 3.63) is 83.8 Å². The molecule has 2 aromatic carbocycles. The lowest BCUT2D eigenvalue weighted by Crippen LogP contribution is -2.00. The van der Waals surface area contributed by atoms with Crippen molar-refractivity contribution in [1.29, 1.82) is 0 Å². The smallest absolute Gasteiger partial charge is 0.354 e. The van der Waals surface area contributed by atoms with Gasteiger partial charge >= 0.3 is 7.60 Å². The Balaban J connectivity index is 1.88. The summed E-state index contributed by atoms with van der Waals surface area (Å²) in [5, 5.41) is 4.56. The van der Waals surface area contributed by atoms with Crippen LogP contribution < -0.4 is 4.74 Å². The van der Waals surface area contributed by atoms with Crippen LogP contribution in [-0.2, 0) is 20.2 Å². The molecule has 0 amide bonds. The zero-order chi connectivity index (χ0) is 20.5. The fraction of sp³-hybridized carbons (Fsp3) is 0.227. The topological polar surface area (TPSA) is 62.6 Å². The van der Waals surface area contributed by atoms with Crippen LogP contribution >= 0.6 is 7.60 Å². The van der Waals surface area contributed by atoms with Crippen LogP contribution in [0.15, 0.2) is 72.5 Å². The Morgan fingerprint density at radius 1 is 0.966 bits per heavy atom. The lowest BCUT2D eigenvalue weighted by Gasteiger charge is -2.12. The molecule has 0 atom stereocenters. The first-order valence-corrected chi connectivity index (χ1v) is 11.1. The first kappa shape index (κ1) is 21.1. The van der Waals surface area contributed by atoms with Crippen molar-refractivity contribution < 1.29 is 18.3 Å². The first-order valence-electron chi connectivity index (χ1n) is 9.54. The van der Waals surface area contributed by atoms with E-state index >= 15 is 0 Å². The minimum atomic E-state index is -3.31. The summed E-state index contributed by atoms with van der Waals surface area (Å²) in [6.07, 6.45) is 1.70. The number of benzene rings is 2. The molecule has 6 nitrogen and oxygen atoms in total. The largest absolute Gasteiger partial charge is 0.472 e. The summed E-state index contributed by atoms with van der Waals surface area (Å²) in [5.41, 5.74) is 2.62. The Bertz CT molecular complexity index is 961. The number of hydrogen-bond donors (Lipinski definition) is 0. The molecule has 0 fully saturated rings. The third-order valence-electron chi connectivity index (χ3n) is 3.99. The van der Waals surface area contributed by atoms with E-state index in [1.165, 1.54) is 5.82 Å². The molecular weight excluding hydrogens is 387 g/mol. The van der Waals surface area contributed by atoms with E-state index < -0.39 is 7.60 Å². The molecule has 3 rings (SSSR count). The second kappa shape index (κ2) is 10.2. The fourth-order valence-corrected chi connectivity index (χ4v) is 4.02. The zero-order valence-corrected chi connectivity index (χ0v) is 17.5. The van der Waals surface area contributed by atoms with Gasteiger partial charge in [0.2, 0.25) is 5.88 Å². The van der Waals surface area contributed by atoms with Gasteiger partial charge in [-0.2, -0.15) is 0 Å². The number of aromatic nitrogens is 2. The molecular formula is C22H25N2O4P. The molecule has 0 aliphatic heterocycles. The van der Waals surface area contributed by atoms with Crippen LogP contribution in [0.5, 0.6) is 5.88 Å². The summed E-state index contributed by atoms with van der Waals surface area (Å²) >= 11 is 0. The minimum absolute atomic E-state index is 0.297. The van der Waals surface area contributed by atoms with Gasteiger partial charge in [-0.3, -0.25) is 4.57 Å². The van der Waals surface area contributed by atoms with Crippen LogP contribution in [0, 0.1) is 0 Å². The SMILES string of the molecule is CCOP(=O)(C=Cc1cc(OCc2ccccc2)nn1-c1ccccc1)OCC. The maximum Gasteiger partial charge on any atom is 0.354 e. The Morgan fingerprint density at radius 3 is 2.21 bits per heavy atom. The van der Waals surface area contributed by atoms with E-state index in [2.05, 4.69) is 5.10 Å². The van der Waals surface area contributed by atoms with E-state index in [0.717, 1.165) is 11.3 Å². The van der Waals surface area contributed by atoms with Crippen molar-refractivity contribution in [2.75, 3.05) is 13.2 Å². The van der Waals surface area contributed by atoms with Crippen molar-refractivity contribution in [3.63, 3.8) is 0 Å². The Hall–Kier alpha value is -2.66. The van der Waals surface area contributed by atoms with E-state index in [0.29, 0.717) is 31.4 Å². The molecule has 0 saturated heterocycles. The van der Waals surface area contributed by atoms with Crippen molar-refractivity contribution >= 4 is 13.7 Å². The zero-order valence-electron chi connectivity index (χ0n) is 16.6. The van der Waals surface area contributed by atoms with E-state index in [-0.39, 0.29) is 0 Å². The van der Waals surface area contributed by atoms with E-state index in [1.54, 1.807) is 30.7 Å². The van der Waals surface area contributed by atoms with Gasteiger partial charge < -0.3 is 13.8 Å². The van der Waals surface area contributed by atoms with Crippen LogP contribution in [0.3, 0.4) is 0 Å². The average molecular weight is 412 g/mol. The van der Waals surface area contributed by atoms with E-state index in [1.807, 2.05) is 60.7 Å². The first-order chi connectivity index (χ1) is 14.1. The maximum absolute atomic E-state index is 12.8. The summed E-state index contributed by atoms with van der Waals surface area (Å²) in [7, 11) is -3.31. The molecule has 152 valence electrons. The van der Waals surface area contributed by atoms with Gasteiger partial charge in [0.15, 0.2) is 0 Å². The minimum Gasteiger partial charge on any atom is -0.472 e. The van der Waals surface area contributed by atoms with Gasteiger partial charge in [-0.15, -0.1) is 5.10 Å². The van der Waals surface area contributed by atoms with Crippen molar-refractivity contribution in [2.45, 2.75) is 20.5 Å². The van der Waals surface area contributed by atoms with Gasteiger partial charge in [0.1, 0.15) is 6.61 Å². The molecule has 1 heterocycles. The molecule has 0 bridgehead atoms. The summed E-state index contributed by atoms with van der Waals surface area (Å²) in [5.74, 6) is 1.94. The highest BCUT2D eigenvalue weighted by molar-refractivity contribution is 7.57. The molecule has 0 spiro atoms. The van der Waals surface area contributed by atoms with Gasteiger partial charge in [-0.05, 0) is 37.6 Å². The molecule has 0 aliphatic rings. The van der Waals surface area contributed by atoms with Crippen molar-refractivity contribution in [3.8, 4) is 11.6 Å². The monoisotopic (exact) mass is 412 g/mol. The third kappa shape index (κ3) is 5.91. The highest BCUT2D eigenvalue weighted by Crippen LogP contribution is 2.50. The number of rotatable bonds is 10. The van der Waals surface area contributed by atoms with Gasteiger partial charge in [0, 0.05) is 11.9 Å². The third-order valence-corrected chi connectivity index (χ3v) is 5.74. The van der Waals surface area contributed by atoms with Gasteiger partial charge in [0.05, 0.1) is 24.6 Å². The molecule has 3 aromatic rings. The van der Waals surface area contributed by atoms with E-state index in [4.69, 9.17) is 13.8 Å².